The minimum Gasteiger partial charge on any atom is -0.493 e. The van der Waals surface area contributed by atoms with Crippen molar-refractivity contribution in [2.24, 2.45) is 0 Å². The van der Waals surface area contributed by atoms with Gasteiger partial charge in [0.15, 0.2) is 0 Å². The van der Waals surface area contributed by atoms with E-state index in [4.69, 9.17) is 4.74 Å². The van der Waals surface area contributed by atoms with Crippen LogP contribution in [-0.2, 0) is 6.42 Å². The summed E-state index contributed by atoms with van der Waals surface area (Å²) in [5, 5.41) is 0. The molecule has 1 heterocycles. The van der Waals surface area contributed by atoms with Gasteiger partial charge in [0.1, 0.15) is 5.75 Å². The van der Waals surface area contributed by atoms with Crippen LogP contribution in [0.1, 0.15) is 12.0 Å². The Labute approximate surface area is 86.9 Å². The van der Waals surface area contributed by atoms with Gasteiger partial charge in [0, 0.05) is 27.3 Å². The van der Waals surface area contributed by atoms with Crippen molar-refractivity contribution in [2.75, 3.05) is 6.61 Å². The molecule has 0 amide bonds. The van der Waals surface area contributed by atoms with Crippen molar-refractivity contribution in [3.63, 3.8) is 0 Å². The van der Waals surface area contributed by atoms with E-state index in [1.54, 1.807) is 0 Å². The maximum absolute atomic E-state index is 5.42. The van der Waals surface area contributed by atoms with Gasteiger partial charge in [0.25, 0.3) is 0 Å². The Morgan fingerprint density at radius 2 is 2.00 bits per heavy atom. The van der Waals surface area contributed by atoms with E-state index in [0.717, 1.165) is 18.8 Å². The van der Waals surface area contributed by atoms with E-state index in [1.165, 1.54) is 12.0 Å². The van der Waals surface area contributed by atoms with Gasteiger partial charge in [-0.1, -0.05) is 18.2 Å². The maximum Gasteiger partial charge on any atom is 0.122 e. The van der Waals surface area contributed by atoms with Crippen molar-refractivity contribution < 1.29 is 4.74 Å². The molecular weight excluding hydrogens is 331 g/mol. The molecule has 2 heteroatoms. The predicted octanol–water partition coefficient (Wildman–Crippen LogP) is 1.63. The van der Waals surface area contributed by atoms with Crippen LogP contribution < -0.4 is 4.74 Å². The summed E-state index contributed by atoms with van der Waals surface area (Å²) in [7, 11) is 0. The molecule has 1 aliphatic heterocycles. The third-order valence-electron chi connectivity index (χ3n) is 1.82. The van der Waals surface area contributed by atoms with Crippen molar-refractivity contribution in [3.8, 4) is 5.75 Å². The molecule has 0 aliphatic carbocycles. The third-order valence-corrected chi connectivity index (χ3v) is 1.82. The van der Waals surface area contributed by atoms with Crippen LogP contribution in [0.2, 0.25) is 0 Å². The van der Waals surface area contributed by atoms with Crippen LogP contribution in [0.15, 0.2) is 24.3 Å². The summed E-state index contributed by atoms with van der Waals surface area (Å²) in [6.07, 6.45) is 2.34. The largest absolute Gasteiger partial charge is 0.493 e. The Morgan fingerprint density at radius 3 is 2.82 bits per heavy atom. The summed E-state index contributed by atoms with van der Waals surface area (Å²) in [5.74, 6) is 1.08. The second-order valence-electron chi connectivity index (χ2n) is 2.56. The maximum atomic E-state index is 5.42. The van der Waals surface area contributed by atoms with Gasteiger partial charge in [-0.2, -0.15) is 0 Å². The van der Waals surface area contributed by atoms with Crippen LogP contribution in [0.25, 0.3) is 0 Å². The average molecular weight is 341 g/mol. The summed E-state index contributed by atoms with van der Waals surface area (Å²) in [6.45, 7) is 0.886. The molecule has 56 valence electrons. The monoisotopic (exact) mass is 342 g/mol. The smallest absolute Gasteiger partial charge is 0.122 e. The molecule has 0 bridgehead atoms. The molecule has 1 aromatic carbocycles. The summed E-state index contributed by atoms with van der Waals surface area (Å²) in [5.41, 5.74) is 1.36. The first-order valence-electron chi connectivity index (χ1n) is 3.67. The number of hydrogen-bond acceptors (Lipinski definition) is 1. The van der Waals surface area contributed by atoms with E-state index in [9.17, 15) is 0 Å². The molecule has 0 aromatic heterocycles. The second-order valence-corrected chi connectivity index (χ2v) is 2.56. The average Bonchev–Trinajstić information content (AvgIpc) is 2.05. The van der Waals surface area contributed by atoms with Gasteiger partial charge < -0.3 is 4.74 Å². The minimum atomic E-state index is 0. The number of rotatable bonds is 0. The molecule has 0 unspecified atom stereocenters. The number of hydrogen-bond donors (Lipinski definition) is 0. The van der Waals surface area contributed by atoms with E-state index in [2.05, 4.69) is 12.1 Å². The molecule has 0 spiro atoms. The number of ether oxygens (including phenoxy) is 1. The van der Waals surface area contributed by atoms with Gasteiger partial charge in [-0.05, 0) is 24.5 Å². The van der Waals surface area contributed by atoms with Crippen LogP contribution in [0.3, 0.4) is 0 Å². The van der Waals surface area contributed by atoms with Crippen molar-refractivity contribution in [3.05, 3.63) is 29.8 Å². The molecule has 1 nitrogen and oxygen atoms in total. The minimum absolute atomic E-state index is 0. The van der Waals surface area contributed by atoms with E-state index in [0.29, 0.717) is 0 Å². The van der Waals surface area contributed by atoms with Crippen LogP contribution in [0, 0.1) is 0 Å². The molecule has 1 aromatic rings. The number of para-hydroxylation sites is 1. The second kappa shape index (κ2) is 4.09. The SMILES string of the molecule is [Pb].c1ccc2c(c1)CCCO2. The van der Waals surface area contributed by atoms with Crippen molar-refractivity contribution in [1.82, 2.24) is 0 Å². The summed E-state index contributed by atoms with van der Waals surface area (Å²) < 4.78 is 5.42. The zero-order chi connectivity index (χ0) is 6.81. The molecule has 1 aliphatic rings. The molecule has 0 fully saturated rings. The molecule has 0 saturated heterocycles. The Morgan fingerprint density at radius 1 is 1.18 bits per heavy atom. The standard InChI is InChI=1S/C9H10O.Pb/c1-2-6-9-8(4-1)5-3-7-10-9;/h1-2,4,6H,3,5,7H2;. The zero-order valence-corrected chi connectivity index (χ0v) is 10.2. The molecule has 0 atom stereocenters. The van der Waals surface area contributed by atoms with Crippen LogP contribution in [0.5, 0.6) is 5.75 Å². The first kappa shape index (κ1) is 9.03. The quantitative estimate of drug-likeness (QED) is 0.652. The Hall–Kier alpha value is -0.0579. The summed E-state index contributed by atoms with van der Waals surface area (Å²) in [6, 6.07) is 8.25. The number of fused-ring (bicyclic) bond motifs is 1. The zero-order valence-electron chi connectivity index (χ0n) is 6.34. The fourth-order valence-corrected chi connectivity index (χ4v) is 1.30. The van der Waals surface area contributed by atoms with Gasteiger partial charge in [0.2, 0.25) is 0 Å². The molecule has 0 N–H and O–H groups in total. The molecule has 11 heavy (non-hydrogen) atoms. The summed E-state index contributed by atoms with van der Waals surface area (Å²) in [4.78, 5) is 0. The van der Waals surface area contributed by atoms with Gasteiger partial charge in [0.05, 0.1) is 6.61 Å². The van der Waals surface area contributed by atoms with E-state index in [-0.39, 0.29) is 27.3 Å². The van der Waals surface area contributed by atoms with E-state index in [1.807, 2.05) is 12.1 Å². The van der Waals surface area contributed by atoms with Crippen molar-refractivity contribution in [1.29, 1.82) is 0 Å². The third kappa shape index (κ3) is 1.95. The van der Waals surface area contributed by atoms with Crippen molar-refractivity contribution >= 4 is 27.3 Å². The fourth-order valence-electron chi connectivity index (χ4n) is 1.30. The van der Waals surface area contributed by atoms with Gasteiger partial charge in [-0.25, -0.2) is 0 Å². The number of benzene rings is 1. The van der Waals surface area contributed by atoms with E-state index < -0.39 is 0 Å². The molecule has 4 radical (unpaired) electrons. The Balaban J connectivity index is 0.000000605. The van der Waals surface area contributed by atoms with Crippen LogP contribution in [-0.4, -0.2) is 33.9 Å². The molecular formula is C9H10OPb. The molecule has 2 rings (SSSR count). The van der Waals surface area contributed by atoms with Crippen molar-refractivity contribution in [2.45, 2.75) is 12.8 Å². The molecule has 0 saturated carbocycles. The topological polar surface area (TPSA) is 9.23 Å². The first-order valence-corrected chi connectivity index (χ1v) is 3.67. The Bertz CT molecular complexity index is 210. The van der Waals surface area contributed by atoms with Gasteiger partial charge in [-0.15, -0.1) is 0 Å². The normalized spacial score (nSPS) is 14.2. The summed E-state index contributed by atoms with van der Waals surface area (Å²) >= 11 is 0. The van der Waals surface area contributed by atoms with E-state index >= 15 is 0 Å². The first-order chi connectivity index (χ1) is 4.97. The Kier molecular flexibility index (Phi) is 3.36. The van der Waals surface area contributed by atoms with Gasteiger partial charge in [-0.3, -0.25) is 0 Å². The predicted molar refractivity (Wildman–Crippen MR) is 46.0 cm³/mol. The number of aryl methyl sites for hydroxylation is 1. The van der Waals surface area contributed by atoms with Crippen LogP contribution in [0.4, 0.5) is 0 Å². The van der Waals surface area contributed by atoms with Gasteiger partial charge >= 0.3 is 0 Å². The fraction of sp³-hybridized carbons (Fsp3) is 0.333. The van der Waals surface area contributed by atoms with Crippen LogP contribution >= 0.6 is 0 Å².